The molecule has 0 aliphatic carbocycles. The first-order chi connectivity index (χ1) is 30.7. The Hall–Kier alpha value is -8.21. The molecule has 0 spiro atoms. The molecule has 4 nitrogen and oxygen atoms in total. The van der Waals surface area contributed by atoms with Crippen LogP contribution in [0.15, 0.2) is 231 Å². The van der Waals surface area contributed by atoms with Crippen LogP contribution in [-0.2, 0) is 6.67 Å². The third kappa shape index (κ3) is 6.74. The Morgan fingerprint density at radius 1 is 0.387 bits per heavy atom. The van der Waals surface area contributed by atoms with Gasteiger partial charge in [-0.15, -0.1) is 0 Å². The number of hydrogen-bond acceptors (Lipinski definition) is 2. The standard InChI is InChI=1S/C58H42N4/c59-54(48-17-11-16-45(36-48)44-24-22-42(23-25-44)40-12-3-1-4-13-40)34-35-60-39-61-55-20-9-7-18-50(55)52-37-46(28-32-56(52)61)47-29-33-58-53(38-47)51-19-8-10-21-57(51)62(58)49-30-26-43(27-31-49)41-14-5-2-6-15-41/h1-38,59-60H,39H2/b35-34-,59-54?. The molecular formula is C58H42N4. The monoisotopic (exact) mass is 794 g/mol. The average molecular weight is 795 g/mol. The highest BCUT2D eigenvalue weighted by Gasteiger charge is 2.16. The highest BCUT2D eigenvalue weighted by atomic mass is 15.1. The van der Waals surface area contributed by atoms with E-state index in [1.54, 1.807) is 0 Å². The summed E-state index contributed by atoms with van der Waals surface area (Å²) in [6, 6.07) is 77.8. The predicted octanol–water partition coefficient (Wildman–Crippen LogP) is 14.7. The molecule has 2 heterocycles. The Bertz CT molecular complexity index is 3450. The van der Waals surface area contributed by atoms with Gasteiger partial charge in [0.2, 0.25) is 0 Å². The Morgan fingerprint density at radius 2 is 0.823 bits per heavy atom. The van der Waals surface area contributed by atoms with Crippen molar-refractivity contribution in [1.82, 2.24) is 14.5 Å². The van der Waals surface area contributed by atoms with Gasteiger partial charge in [0.05, 0.1) is 34.4 Å². The van der Waals surface area contributed by atoms with Crippen molar-refractivity contribution >= 4 is 49.3 Å². The molecule has 11 rings (SSSR count). The third-order valence-corrected chi connectivity index (χ3v) is 12.1. The van der Waals surface area contributed by atoms with E-state index in [-0.39, 0.29) is 0 Å². The molecule has 0 aliphatic heterocycles. The first-order valence-corrected chi connectivity index (χ1v) is 21.1. The van der Waals surface area contributed by atoms with Crippen LogP contribution in [0.4, 0.5) is 0 Å². The fourth-order valence-electron chi connectivity index (χ4n) is 9.00. The van der Waals surface area contributed by atoms with Crippen LogP contribution in [-0.4, -0.2) is 14.8 Å². The predicted molar refractivity (Wildman–Crippen MR) is 261 cm³/mol. The van der Waals surface area contributed by atoms with E-state index in [0.29, 0.717) is 12.4 Å². The lowest BCUT2D eigenvalue weighted by atomic mass is 9.98. The minimum absolute atomic E-state index is 0.452. The van der Waals surface area contributed by atoms with Crippen molar-refractivity contribution < 1.29 is 0 Å². The number of aromatic nitrogens is 2. The van der Waals surface area contributed by atoms with Crippen molar-refractivity contribution in [1.29, 1.82) is 5.41 Å². The van der Waals surface area contributed by atoms with Gasteiger partial charge in [0.25, 0.3) is 0 Å². The second-order valence-corrected chi connectivity index (χ2v) is 15.8. The largest absolute Gasteiger partial charge is 0.373 e. The minimum atomic E-state index is 0.452. The van der Waals surface area contributed by atoms with Crippen molar-refractivity contribution in [2.45, 2.75) is 6.67 Å². The van der Waals surface area contributed by atoms with Gasteiger partial charge in [-0.05, 0) is 111 Å². The zero-order valence-electron chi connectivity index (χ0n) is 34.0. The average Bonchev–Trinajstić information content (AvgIpc) is 3.85. The van der Waals surface area contributed by atoms with Crippen LogP contribution >= 0.6 is 0 Å². The SMILES string of the molecule is N=C(/C=C\NCn1c2ccccc2c2cc(-c3ccc4c(c3)c3ccccc3n4-c3ccc(-c4ccccc4)cc3)ccc21)c1cccc(-c2ccc(-c3ccccc3)cc2)c1. The molecule has 4 heteroatoms. The molecule has 11 aromatic rings. The number of allylic oxidation sites excluding steroid dienone is 1. The van der Waals surface area contributed by atoms with Gasteiger partial charge < -0.3 is 19.9 Å². The zero-order valence-corrected chi connectivity index (χ0v) is 34.0. The maximum Gasteiger partial charge on any atom is 0.0921 e. The zero-order chi connectivity index (χ0) is 41.4. The number of para-hydroxylation sites is 2. The van der Waals surface area contributed by atoms with Crippen LogP contribution in [0.2, 0.25) is 0 Å². The van der Waals surface area contributed by atoms with E-state index in [1.165, 1.54) is 71.5 Å². The Morgan fingerprint density at radius 3 is 1.48 bits per heavy atom. The number of nitrogens with one attached hydrogen (secondary N) is 2. The topological polar surface area (TPSA) is 45.7 Å². The molecule has 0 bridgehead atoms. The van der Waals surface area contributed by atoms with Crippen LogP contribution in [0.5, 0.6) is 0 Å². The van der Waals surface area contributed by atoms with E-state index in [4.69, 9.17) is 5.41 Å². The van der Waals surface area contributed by atoms with E-state index in [2.05, 4.69) is 215 Å². The summed E-state index contributed by atoms with van der Waals surface area (Å²) in [5, 5.41) is 17.3. The number of rotatable bonds is 10. The van der Waals surface area contributed by atoms with Crippen molar-refractivity contribution in [3.8, 4) is 50.2 Å². The summed E-state index contributed by atoms with van der Waals surface area (Å²) >= 11 is 0. The van der Waals surface area contributed by atoms with Gasteiger partial charge in [-0.1, -0.05) is 164 Å². The summed E-state index contributed by atoms with van der Waals surface area (Å²) in [7, 11) is 0. The highest BCUT2D eigenvalue weighted by Crippen LogP contribution is 2.38. The molecule has 9 aromatic carbocycles. The molecule has 2 aromatic heterocycles. The quantitative estimate of drug-likeness (QED) is 0.133. The molecule has 0 radical (unpaired) electrons. The molecule has 0 saturated carbocycles. The van der Waals surface area contributed by atoms with Gasteiger partial charge in [-0.2, -0.15) is 0 Å². The van der Waals surface area contributed by atoms with E-state index in [1.807, 2.05) is 30.5 Å². The van der Waals surface area contributed by atoms with Gasteiger partial charge >= 0.3 is 0 Å². The molecule has 62 heavy (non-hydrogen) atoms. The number of benzene rings is 9. The normalized spacial score (nSPS) is 11.6. The van der Waals surface area contributed by atoms with Crippen molar-refractivity contribution in [3.63, 3.8) is 0 Å². The molecule has 0 unspecified atom stereocenters. The van der Waals surface area contributed by atoms with Crippen LogP contribution in [0, 0.1) is 5.41 Å². The Labute approximate surface area is 360 Å². The van der Waals surface area contributed by atoms with Gasteiger partial charge in [-0.3, -0.25) is 0 Å². The van der Waals surface area contributed by atoms with Gasteiger partial charge in [0.15, 0.2) is 0 Å². The van der Waals surface area contributed by atoms with E-state index < -0.39 is 0 Å². The number of fused-ring (bicyclic) bond motifs is 6. The lowest BCUT2D eigenvalue weighted by Crippen LogP contribution is -2.12. The van der Waals surface area contributed by atoms with Crippen LogP contribution in [0.1, 0.15) is 5.56 Å². The lowest BCUT2D eigenvalue weighted by molar-refractivity contribution is 0.684. The molecular weight excluding hydrogens is 753 g/mol. The van der Waals surface area contributed by atoms with Crippen LogP contribution in [0.25, 0.3) is 93.8 Å². The van der Waals surface area contributed by atoms with Crippen LogP contribution in [0.3, 0.4) is 0 Å². The summed E-state index contributed by atoms with van der Waals surface area (Å²) in [6.45, 7) is 0.568. The number of nitrogens with zero attached hydrogens (tertiary/aromatic N) is 2. The number of hydrogen-bond donors (Lipinski definition) is 2. The molecule has 2 N–H and O–H groups in total. The molecule has 0 aliphatic rings. The highest BCUT2D eigenvalue weighted by molar-refractivity contribution is 6.12. The van der Waals surface area contributed by atoms with Gasteiger partial charge in [-0.25, -0.2) is 0 Å². The van der Waals surface area contributed by atoms with Gasteiger partial charge in [0.1, 0.15) is 0 Å². The third-order valence-electron chi connectivity index (χ3n) is 12.1. The molecule has 0 saturated heterocycles. The molecule has 0 fully saturated rings. The fourth-order valence-corrected chi connectivity index (χ4v) is 9.00. The van der Waals surface area contributed by atoms with E-state index in [9.17, 15) is 0 Å². The minimum Gasteiger partial charge on any atom is -0.373 e. The van der Waals surface area contributed by atoms with E-state index in [0.717, 1.165) is 27.9 Å². The smallest absolute Gasteiger partial charge is 0.0921 e. The summed E-state index contributed by atoms with van der Waals surface area (Å²) in [4.78, 5) is 0. The molecule has 0 atom stereocenters. The first kappa shape index (κ1) is 36.8. The Kier molecular flexibility index (Phi) is 9.36. The van der Waals surface area contributed by atoms with Gasteiger partial charge in [0, 0.05) is 32.8 Å². The first-order valence-electron chi connectivity index (χ1n) is 21.1. The maximum absolute atomic E-state index is 8.90. The second-order valence-electron chi connectivity index (χ2n) is 15.8. The lowest BCUT2D eigenvalue weighted by Gasteiger charge is -2.10. The molecule has 294 valence electrons. The molecule has 0 amide bonds. The summed E-state index contributed by atoms with van der Waals surface area (Å²) in [6.07, 6.45) is 3.73. The summed E-state index contributed by atoms with van der Waals surface area (Å²) in [5.74, 6) is 0. The van der Waals surface area contributed by atoms with Crippen molar-refractivity contribution in [3.05, 3.63) is 236 Å². The van der Waals surface area contributed by atoms with Crippen LogP contribution < -0.4 is 5.32 Å². The summed E-state index contributed by atoms with van der Waals surface area (Å²) in [5.41, 5.74) is 16.6. The van der Waals surface area contributed by atoms with Crippen molar-refractivity contribution in [2.75, 3.05) is 0 Å². The Balaban J connectivity index is 0.850. The second kappa shape index (κ2) is 15.8. The fraction of sp³-hybridized carbons (Fsp3) is 0.0172. The van der Waals surface area contributed by atoms with Crippen molar-refractivity contribution in [2.24, 2.45) is 0 Å². The summed E-state index contributed by atoms with van der Waals surface area (Å²) < 4.78 is 4.70. The maximum atomic E-state index is 8.90. The van der Waals surface area contributed by atoms with E-state index >= 15 is 0 Å².